The lowest BCUT2D eigenvalue weighted by atomic mass is 9.77. The molecular formula is C10H18N2O. The fourth-order valence-electron chi connectivity index (χ4n) is 2.69. The van der Waals surface area contributed by atoms with Crippen molar-refractivity contribution < 1.29 is 4.79 Å². The summed E-state index contributed by atoms with van der Waals surface area (Å²) in [5.41, 5.74) is 5.36. The normalized spacial score (nSPS) is 35.2. The second-order valence-electron chi connectivity index (χ2n) is 4.38. The number of amides is 1. The lowest BCUT2D eigenvalue weighted by Gasteiger charge is -2.28. The Morgan fingerprint density at radius 2 is 2.00 bits per heavy atom. The minimum absolute atomic E-state index is 0.00870. The standard InChI is InChI=1S/C10H18N2O/c1-2-9(10(11)13)12-5-7-3-4-8(7)6-12/h7-9H,2-6H2,1H3,(H2,11,13). The van der Waals surface area contributed by atoms with Crippen LogP contribution in [0, 0.1) is 11.8 Å². The summed E-state index contributed by atoms with van der Waals surface area (Å²) in [6.45, 7) is 4.24. The predicted molar refractivity (Wildman–Crippen MR) is 51.1 cm³/mol. The van der Waals surface area contributed by atoms with Crippen molar-refractivity contribution in [2.45, 2.75) is 32.2 Å². The summed E-state index contributed by atoms with van der Waals surface area (Å²) in [6.07, 6.45) is 3.57. The van der Waals surface area contributed by atoms with Crippen molar-refractivity contribution in [3.05, 3.63) is 0 Å². The molecule has 2 aliphatic rings. The Morgan fingerprint density at radius 1 is 1.46 bits per heavy atom. The highest BCUT2D eigenvalue weighted by Gasteiger charge is 2.41. The Morgan fingerprint density at radius 3 is 2.31 bits per heavy atom. The number of likely N-dealkylation sites (tertiary alicyclic amines) is 1. The molecule has 3 heteroatoms. The minimum atomic E-state index is -0.149. The molecule has 3 unspecified atom stereocenters. The molecule has 0 radical (unpaired) electrons. The van der Waals surface area contributed by atoms with Crippen LogP contribution in [0.2, 0.25) is 0 Å². The van der Waals surface area contributed by atoms with Crippen molar-refractivity contribution in [2.75, 3.05) is 13.1 Å². The number of primary amides is 1. The summed E-state index contributed by atoms with van der Waals surface area (Å²) in [7, 11) is 0. The second kappa shape index (κ2) is 3.29. The summed E-state index contributed by atoms with van der Waals surface area (Å²) in [6, 6.07) is -0.00870. The number of nitrogens with two attached hydrogens (primary N) is 1. The van der Waals surface area contributed by atoms with Gasteiger partial charge in [0.1, 0.15) is 0 Å². The average Bonchev–Trinajstić information content (AvgIpc) is 2.31. The maximum atomic E-state index is 11.1. The van der Waals surface area contributed by atoms with Crippen LogP contribution in [0.4, 0.5) is 0 Å². The number of hydrogen-bond acceptors (Lipinski definition) is 2. The first kappa shape index (κ1) is 9.00. The largest absolute Gasteiger partial charge is 0.368 e. The van der Waals surface area contributed by atoms with E-state index in [-0.39, 0.29) is 11.9 Å². The number of carbonyl (C=O) groups excluding carboxylic acids is 1. The molecule has 1 saturated carbocycles. The van der Waals surface area contributed by atoms with E-state index < -0.39 is 0 Å². The fourth-order valence-corrected chi connectivity index (χ4v) is 2.69. The van der Waals surface area contributed by atoms with E-state index >= 15 is 0 Å². The summed E-state index contributed by atoms with van der Waals surface area (Å²) < 4.78 is 0. The van der Waals surface area contributed by atoms with Gasteiger partial charge in [-0.2, -0.15) is 0 Å². The molecule has 3 atom stereocenters. The van der Waals surface area contributed by atoms with Gasteiger partial charge < -0.3 is 5.73 Å². The van der Waals surface area contributed by atoms with Gasteiger partial charge in [-0.25, -0.2) is 0 Å². The van der Waals surface area contributed by atoms with Gasteiger partial charge in [0.2, 0.25) is 5.91 Å². The number of fused-ring (bicyclic) bond motifs is 1. The van der Waals surface area contributed by atoms with Gasteiger partial charge in [-0.15, -0.1) is 0 Å². The van der Waals surface area contributed by atoms with Crippen LogP contribution < -0.4 is 5.73 Å². The Labute approximate surface area is 79.3 Å². The molecule has 74 valence electrons. The molecule has 2 rings (SSSR count). The Kier molecular flexibility index (Phi) is 2.28. The molecule has 1 aliphatic heterocycles. The zero-order valence-corrected chi connectivity index (χ0v) is 8.20. The van der Waals surface area contributed by atoms with Crippen LogP contribution in [0.25, 0.3) is 0 Å². The van der Waals surface area contributed by atoms with Crippen LogP contribution >= 0.6 is 0 Å². The quantitative estimate of drug-likeness (QED) is 0.694. The molecule has 0 bridgehead atoms. The zero-order valence-electron chi connectivity index (χ0n) is 8.20. The third-order valence-corrected chi connectivity index (χ3v) is 3.67. The SMILES string of the molecule is CCC(C(N)=O)N1CC2CCC2C1. The van der Waals surface area contributed by atoms with Crippen LogP contribution in [0.5, 0.6) is 0 Å². The summed E-state index contributed by atoms with van der Waals surface area (Å²) in [5, 5.41) is 0. The van der Waals surface area contributed by atoms with Crippen LogP contribution in [-0.4, -0.2) is 29.9 Å². The van der Waals surface area contributed by atoms with E-state index in [9.17, 15) is 4.79 Å². The van der Waals surface area contributed by atoms with Gasteiger partial charge in [0.05, 0.1) is 6.04 Å². The van der Waals surface area contributed by atoms with E-state index in [0.717, 1.165) is 31.3 Å². The van der Waals surface area contributed by atoms with Crippen molar-refractivity contribution in [3.63, 3.8) is 0 Å². The molecule has 1 aliphatic carbocycles. The van der Waals surface area contributed by atoms with Crippen LogP contribution in [-0.2, 0) is 4.79 Å². The molecule has 0 aromatic heterocycles. The number of rotatable bonds is 3. The topological polar surface area (TPSA) is 46.3 Å². The van der Waals surface area contributed by atoms with Crippen LogP contribution in [0.3, 0.4) is 0 Å². The number of hydrogen-bond donors (Lipinski definition) is 1. The second-order valence-corrected chi connectivity index (χ2v) is 4.38. The van der Waals surface area contributed by atoms with Crippen molar-refractivity contribution in [1.82, 2.24) is 4.90 Å². The van der Waals surface area contributed by atoms with Gasteiger partial charge >= 0.3 is 0 Å². The zero-order chi connectivity index (χ0) is 9.42. The first-order valence-electron chi connectivity index (χ1n) is 5.25. The lowest BCUT2D eigenvalue weighted by molar-refractivity contribution is -0.123. The monoisotopic (exact) mass is 182 g/mol. The first-order valence-corrected chi connectivity index (χ1v) is 5.25. The van der Waals surface area contributed by atoms with Crippen molar-refractivity contribution >= 4 is 5.91 Å². The van der Waals surface area contributed by atoms with Gasteiger partial charge in [-0.1, -0.05) is 6.92 Å². The Bertz CT molecular complexity index is 205. The van der Waals surface area contributed by atoms with Gasteiger partial charge in [0, 0.05) is 13.1 Å². The van der Waals surface area contributed by atoms with E-state index in [0.29, 0.717) is 0 Å². The summed E-state index contributed by atoms with van der Waals surface area (Å²) >= 11 is 0. The molecule has 1 saturated heterocycles. The number of nitrogens with zero attached hydrogens (tertiary/aromatic N) is 1. The van der Waals surface area contributed by atoms with Gasteiger partial charge in [-0.3, -0.25) is 9.69 Å². The van der Waals surface area contributed by atoms with E-state index in [1.165, 1.54) is 12.8 Å². The highest BCUT2D eigenvalue weighted by Crippen LogP contribution is 2.41. The van der Waals surface area contributed by atoms with E-state index in [1.54, 1.807) is 0 Å². The number of carbonyl (C=O) groups is 1. The Balaban J connectivity index is 1.96. The van der Waals surface area contributed by atoms with Gasteiger partial charge in [0.15, 0.2) is 0 Å². The molecular weight excluding hydrogens is 164 g/mol. The molecule has 0 aromatic rings. The molecule has 2 fully saturated rings. The third kappa shape index (κ3) is 1.46. The Hall–Kier alpha value is -0.570. The van der Waals surface area contributed by atoms with E-state index in [1.807, 2.05) is 6.92 Å². The highest BCUT2D eigenvalue weighted by atomic mass is 16.1. The maximum Gasteiger partial charge on any atom is 0.234 e. The average molecular weight is 182 g/mol. The van der Waals surface area contributed by atoms with E-state index in [4.69, 9.17) is 5.73 Å². The van der Waals surface area contributed by atoms with Crippen molar-refractivity contribution in [1.29, 1.82) is 0 Å². The lowest BCUT2D eigenvalue weighted by Crippen LogP contribution is -2.43. The van der Waals surface area contributed by atoms with Gasteiger partial charge in [0.25, 0.3) is 0 Å². The molecule has 0 spiro atoms. The molecule has 0 aromatic carbocycles. The minimum Gasteiger partial charge on any atom is -0.368 e. The summed E-state index contributed by atoms with van der Waals surface area (Å²) in [5.74, 6) is 1.59. The van der Waals surface area contributed by atoms with Gasteiger partial charge in [-0.05, 0) is 31.1 Å². The smallest absolute Gasteiger partial charge is 0.234 e. The fraction of sp³-hybridized carbons (Fsp3) is 0.900. The van der Waals surface area contributed by atoms with Crippen molar-refractivity contribution in [2.24, 2.45) is 17.6 Å². The third-order valence-electron chi connectivity index (χ3n) is 3.67. The van der Waals surface area contributed by atoms with Crippen LogP contribution in [0.1, 0.15) is 26.2 Å². The molecule has 2 N–H and O–H groups in total. The molecule has 3 nitrogen and oxygen atoms in total. The van der Waals surface area contributed by atoms with Crippen molar-refractivity contribution in [3.8, 4) is 0 Å². The summed E-state index contributed by atoms with van der Waals surface area (Å²) in [4.78, 5) is 13.4. The molecule has 13 heavy (non-hydrogen) atoms. The van der Waals surface area contributed by atoms with Crippen LogP contribution in [0.15, 0.2) is 0 Å². The highest BCUT2D eigenvalue weighted by molar-refractivity contribution is 5.79. The first-order chi connectivity index (χ1) is 6.22. The maximum absolute atomic E-state index is 11.1. The molecule has 1 heterocycles. The molecule has 1 amide bonds. The van der Waals surface area contributed by atoms with E-state index in [2.05, 4.69) is 4.90 Å². The predicted octanol–water partition coefficient (Wildman–Crippen LogP) is 0.592.